The summed E-state index contributed by atoms with van der Waals surface area (Å²) in [7, 11) is 0. The summed E-state index contributed by atoms with van der Waals surface area (Å²) in [5.74, 6) is -1.48. The zero-order chi connectivity index (χ0) is 55.4. The van der Waals surface area contributed by atoms with Gasteiger partial charge in [0.25, 0.3) is 0 Å². The molecule has 2 fully saturated rings. The zero-order valence-corrected chi connectivity index (χ0v) is 47.6. The van der Waals surface area contributed by atoms with Crippen molar-refractivity contribution < 1.29 is 38.5 Å². The van der Waals surface area contributed by atoms with Crippen molar-refractivity contribution >= 4 is 47.1 Å². The van der Waals surface area contributed by atoms with Crippen molar-refractivity contribution in [2.45, 2.75) is 208 Å². The molecular formula is C61H81ClN8O8. The first-order chi connectivity index (χ1) is 35.7. The lowest BCUT2D eigenvalue weighted by Gasteiger charge is -2.45. The lowest BCUT2D eigenvalue weighted by atomic mass is 9.76. The summed E-state index contributed by atoms with van der Waals surface area (Å²) in [6.45, 7) is 22.8. The number of nitrogens with one attached hydrogen (secondary N) is 2. The number of halogens is 1. The van der Waals surface area contributed by atoms with E-state index in [2.05, 4.69) is 66.7 Å². The van der Waals surface area contributed by atoms with E-state index in [1.54, 1.807) is 6.92 Å². The van der Waals surface area contributed by atoms with E-state index < -0.39 is 28.4 Å². The first-order valence-electron chi connectivity index (χ1n) is 26.8. The van der Waals surface area contributed by atoms with E-state index >= 15 is 0 Å². The highest BCUT2D eigenvalue weighted by atomic mass is 35.5. The molecule has 420 valence electrons. The number of unbranched alkanes of at least 4 members (excludes halogenated alkanes) is 1. The molecule has 2 aliphatic carbocycles. The van der Waals surface area contributed by atoms with E-state index in [0.717, 1.165) is 96.4 Å². The van der Waals surface area contributed by atoms with Gasteiger partial charge in [0.2, 0.25) is 11.6 Å². The number of Topliss-reactive ketones (excluding diaryl/α,β-unsaturated/α-hetero) is 2. The topological polar surface area (TPSA) is 247 Å². The summed E-state index contributed by atoms with van der Waals surface area (Å²) < 4.78 is 17.9. The molecule has 16 nitrogen and oxygen atoms in total. The van der Waals surface area contributed by atoms with Crippen molar-refractivity contribution in [3.8, 4) is 12.1 Å². The van der Waals surface area contributed by atoms with Gasteiger partial charge in [-0.1, -0.05) is 72.8 Å². The van der Waals surface area contributed by atoms with Crippen molar-refractivity contribution in [1.29, 1.82) is 10.5 Å². The van der Waals surface area contributed by atoms with Crippen LogP contribution in [0.2, 0.25) is 0 Å². The van der Waals surface area contributed by atoms with Gasteiger partial charge in [0.05, 0.1) is 41.6 Å². The Morgan fingerprint density at radius 2 is 1.10 bits per heavy atom. The lowest BCUT2D eigenvalue weighted by Crippen LogP contribution is -2.52. The number of hydrogen-bond acceptors (Lipinski definition) is 13. The number of carbonyl (C=O) groups is 4. The van der Waals surface area contributed by atoms with E-state index in [-0.39, 0.29) is 95.9 Å². The molecule has 4 aromatic rings. The number of nitrogens with zero attached hydrogens (tertiary/aromatic N) is 6. The normalized spacial score (nSPS) is 23.7. The number of aromatic amines is 2. The van der Waals surface area contributed by atoms with Crippen molar-refractivity contribution in [2.24, 2.45) is 10.8 Å². The van der Waals surface area contributed by atoms with Crippen LogP contribution in [-0.2, 0) is 36.6 Å². The molecule has 2 aliphatic heterocycles. The van der Waals surface area contributed by atoms with Crippen LogP contribution in [0.3, 0.4) is 0 Å². The Bertz CT molecular complexity index is 3010. The largest absolute Gasteiger partial charge is 0.479 e. The zero-order valence-electron chi connectivity index (χ0n) is 46.8. The molecule has 3 N–H and O–H groups in total. The molecule has 0 bridgehead atoms. The average Bonchev–Trinajstić information content (AvgIpc) is 4.05. The molecular weight excluding hydrogens is 1010 g/mol. The second kappa shape index (κ2) is 24.8. The molecule has 4 atom stereocenters. The summed E-state index contributed by atoms with van der Waals surface area (Å²) in [5.41, 5.74) is 4.68. The number of carbonyl (C=O) groups excluding carboxylic acids is 3. The fourth-order valence-corrected chi connectivity index (χ4v) is 11.2. The Balaban J connectivity index is 0.000000282. The number of imidazole rings is 2. The molecule has 0 spiro atoms. The van der Waals surface area contributed by atoms with Gasteiger partial charge in [0.15, 0.2) is 22.9 Å². The number of aromatic nitrogens is 6. The van der Waals surface area contributed by atoms with Gasteiger partial charge in [0, 0.05) is 36.1 Å². The van der Waals surface area contributed by atoms with Gasteiger partial charge in [-0.05, 0) is 157 Å². The number of esters is 1. The molecule has 4 aliphatic rings. The van der Waals surface area contributed by atoms with Crippen molar-refractivity contribution in [1.82, 2.24) is 29.9 Å². The maximum Gasteiger partial charge on any atom is 0.338 e. The third-order valence-electron chi connectivity index (χ3n) is 15.4. The smallest absolute Gasteiger partial charge is 0.338 e. The molecule has 0 aromatic carbocycles. The predicted octanol–water partition coefficient (Wildman–Crippen LogP) is 12.7. The summed E-state index contributed by atoms with van der Waals surface area (Å²) >= 11 is 0. The minimum Gasteiger partial charge on any atom is -0.479 e. The Kier molecular flexibility index (Phi) is 19.9. The van der Waals surface area contributed by atoms with Gasteiger partial charge in [-0.15, -0.1) is 12.4 Å². The summed E-state index contributed by atoms with van der Waals surface area (Å²) in [6, 6.07) is 11.8. The number of allylic oxidation sites excluding steroid dienone is 4. The van der Waals surface area contributed by atoms with Crippen LogP contribution in [0.15, 0.2) is 48.8 Å². The molecule has 0 radical (unpaired) electrons. The summed E-state index contributed by atoms with van der Waals surface area (Å²) in [4.78, 5) is 75.2. The van der Waals surface area contributed by atoms with Gasteiger partial charge >= 0.3 is 11.9 Å². The van der Waals surface area contributed by atoms with Crippen LogP contribution in [0.1, 0.15) is 239 Å². The highest BCUT2D eigenvalue weighted by Gasteiger charge is 2.50. The third-order valence-corrected chi connectivity index (χ3v) is 15.4. The van der Waals surface area contributed by atoms with Crippen LogP contribution in [0.4, 0.5) is 0 Å². The predicted molar refractivity (Wildman–Crippen MR) is 301 cm³/mol. The van der Waals surface area contributed by atoms with Crippen molar-refractivity contribution in [3.63, 3.8) is 0 Å². The highest BCUT2D eigenvalue weighted by Crippen LogP contribution is 2.47. The van der Waals surface area contributed by atoms with Gasteiger partial charge in [-0.25, -0.2) is 19.6 Å². The maximum atomic E-state index is 13.1. The monoisotopic (exact) mass is 1090 g/mol. The van der Waals surface area contributed by atoms with Crippen LogP contribution in [0.5, 0.6) is 0 Å². The van der Waals surface area contributed by atoms with Gasteiger partial charge in [0.1, 0.15) is 23.5 Å². The molecule has 6 heterocycles. The quantitative estimate of drug-likeness (QED) is 0.0569. The van der Waals surface area contributed by atoms with E-state index in [1.165, 1.54) is 12.4 Å². The molecule has 17 heteroatoms. The number of H-pyrrole nitrogens is 2. The third kappa shape index (κ3) is 15.3. The van der Waals surface area contributed by atoms with Crippen LogP contribution in [-0.4, -0.2) is 87.5 Å². The maximum absolute atomic E-state index is 13.1. The molecule has 0 saturated carbocycles. The minimum atomic E-state index is -1.30. The van der Waals surface area contributed by atoms with Gasteiger partial charge < -0.3 is 29.3 Å². The molecule has 4 unspecified atom stereocenters. The minimum absolute atomic E-state index is 0. The van der Waals surface area contributed by atoms with Crippen LogP contribution in [0, 0.1) is 33.5 Å². The molecule has 4 aromatic heterocycles. The average molecular weight is 1090 g/mol. The number of carboxylic acids is 1. The Morgan fingerprint density at radius 1 is 0.679 bits per heavy atom. The van der Waals surface area contributed by atoms with Crippen LogP contribution >= 0.6 is 12.4 Å². The number of rotatable bonds is 15. The number of ether oxygens (including phenoxy) is 3. The van der Waals surface area contributed by atoms with E-state index in [1.807, 2.05) is 71.0 Å². The molecule has 78 heavy (non-hydrogen) atoms. The molecule has 2 saturated heterocycles. The van der Waals surface area contributed by atoms with Gasteiger partial charge in [-0.2, -0.15) is 10.5 Å². The summed E-state index contributed by atoms with van der Waals surface area (Å²) in [5, 5.41) is 28.0. The number of aliphatic carboxylic acids is 1. The van der Waals surface area contributed by atoms with Gasteiger partial charge in [-0.3, -0.25) is 19.6 Å². The second-order valence-electron chi connectivity index (χ2n) is 24.6. The molecule has 0 amide bonds. The van der Waals surface area contributed by atoms with E-state index in [0.29, 0.717) is 32.3 Å². The number of carboxylic acid groups (broad SMARTS) is 1. The summed E-state index contributed by atoms with van der Waals surface area (Å²) in [6.07, 6.45) is 17.0. The fourth-order valence-electron chi connectivity index (χ4n) is 11.2. The van der Waals surface area contributed by atoms with Crippen LogP contribution < -0.4 is 0 Å². The van der Waals surface area contributed by atoms with E-state index in [9.17, 15) is 24.3 Å². The highest BCUT2D eigenvalue weighted by molar-refractivity contribution is 5.95. The SMILES string of the molecule is C.CC1(C)CC=C(c2nc(C3CC(C)(C)OC(C)(C(=O)O)C3)ccc2CC(=O)c2ncc(C#N)[nH]2)CC1.CCCCOC(=O)C1(C)CC(c2ccc(CC(=O)c3ncc(C#N)[nH]3)c(C3=CCC(C)(C)CC3)n2)CC(C)(C)O1.Cl. The number of ketones is 2. The Morgan fingerprint density at radius 3 is 1.47 bits per heavy atom. The van der Waals surface area contributed by atoms with Crippen LogP contribution in [0.25, 0.3) is 11.1 Å². The molecule has 8 rings (SSSR count). The second-order valence-corrected chi connectivity index (χ2v) is 24.6. The fraction of sp³-hybridized carbons (Fsp3) is 0.574. The van der Waals surface area contributed by atoms with E-state index in [4.69, 9.17) is 34.7 Å². The number of pyridine rings is 2. The Labute approximate surface area is 467 Å². The first kappa shape index (κ1) is 62.5. The number of nitriles is 2. The number of hydrogen-bond donors (Lipinski definition) is 3. The van der Waals surface area contributed by atoms with Crippen molar-refractivity contribution in [2.75, 3.05) is 6.61 Å². The lowest BCUT2D eigenvalue weighted by molar-refractivity contribution is -0.205. The first-order valence-corrected chi connectivity index (χ1v) is 26.8. The standard InChI is InChI=1S/C32H42N4O4.C28H34N4O4.CH4.ClH/c1-7-8-15-39-29(38)32(6)18-23(17-31(4,5)40-32)25-10-9-22(16-26(37)28-34-20-24(19-33)35-28)27(36-25)21-11-13-30(2,3)14-12-21;1-26(2)10-8-17(9-11-26)23-18(12-22(33)24-30-16-20(15-29)31-24)6-7-21(32-23)19-13-27(3,4)36-28(5,14-19)25(34)35;;/h9-11,20,23H,7-8,12-18H2,1-6H3,(H,34,35);6-8,16,19H,9-14H2,1-5H3,(H,30,31)(H,34,35);1H4;1H. The van der Waals surface area contributed by atoms with Crippen molar-refractivity contribution in [3.05, 3.63) is 106 Å². The Hall–Kier alpha value is -6.33.